The van der Waals surface area contributed by atoms with E-state index >= 15 is 0 Å². The summed E-state index contributed by atoms with van der Waals surface area (Å²) < 4.78 is 2.12. The zero-order chi connectivity index (χ0) is 14.7. The van der Waals surface area contributed by atoms with Crippen LogP contribution in [0, 0.1) is 11.0 Å². The summed E-state index contributed by atoms with van der Waals surface area (Å²) in [6, 6.07) is 13.1. The molecule has 0 aliphatic carbocycles. The van der Waals surface area contributed by atoms with Gasteiger partial charge in [0.2, 0.25) is 0 Å². The summed E-state index contributed by atoms with van der Waals surface area (Å²) in [5, 5.41) is 17.7. The number of thiazole rings is 2. The smallest absolute Gasteiger partial charge is 0.423 e. The van der Waals surface area contributed by atoms with E-state index in [9.17, 15) is 0 Å². The van der Waals surface area contributed by atoms with Crippen LogP contribution in [0.25, 0.3) is 20.4 Å². The van der Waals surface area contributed by atoms with Crippen LogP contribution in [0.5, 0.6) is 0 Å². The predicted octanol–water partition coefficient (Wildman–Crippen LogP) is 1.87. The predicted molar refractivity (Wildman–Crippen MR) is 86.7 cm³/mol. The molecule has 0 bridgehead atoms. The van der Waals surface area contributed by atoms with Gasteiger partial charge in [0.1, 0.15) is 0 Å². The summed E-state index contributed by atoms with van der Waals surface area (Å²) in [7, 11) is -1.41. The van der Waals surface area contributed by atoms with Crippen LogP contribution in [0.3, 0.4) is 0 Å². The standard InChI is InChI=1S/C7H5BNO2S.C7H4NS.Zn/c10-8(11)5-1-2-6-7(3-5)12-4-9-6;1-2-4-7-6(3-1)8-5-9-7;/h1-3,10-11H;1-4H;/q2*-1;+2. The van der Waals surface area contributed by atoms with Gasteiger partial charge in [-0.15, -0.1) is 33.7 Å². The van der Waals surface area contributed by atoms with Crippen molar-refractivity contribution in [2.75, 3.05) is 0 Å². The second-order valence-corrected chi connectivity index (χ2v) is 5.83. The van der Waals surface area contributed by atoms with Gasteiger partial charge in [-0.05, 0) is 16.5 Å². The molecule has 0 aliphatic heterocycles. The number of aromatic nitrogens is 2. The fourth-order valence-corrected chi connectivity index (χ4v) is 3.01. The maximum absolute atomic E-state index is 8.85. The van der Waals surface area contributed by atoms with Crippen molar-refractivity contribution in [3.8, 4) is 0 Å². The summed E-state index contributed by atoms with van der Waals surface area (Å²) in [6.45, 7) is 0. The van der Waals surface area contributed by atoms with Gasteiger partial charge in [-0.3, -0.25) is 22.7 Å². The van der Waals surface area contributed by atoms with E-state index in [4.69, 9.17) is 10.0 Å². The van der Waals surface area contributed by atoms with Gasteiger partial charge >= 0.3 is 26.6 Å². The number of para-hydroxylation sites is 1. The molecule has 0 spiro atoms. The second-order valence-electron chi connectivity index (χ2n) is 4.18. The second kappa shape index (κ2) is 7.90. The fraction of sp³-hybridized carbons (Fsp3) is 0. The zero-order valence-corrected chi connectivity index (χ0v) is 16.0. The molecule has 0 atom stereocenters. The molecule has 2 N–H and O–H groups in total. The molecule has 0 unspecified atom stereocenters. The Morgan fingerprint density at radius 3 is 2.18 bits per heavy atom. The molecule has 104 valence electrons. The first-order chi connectivity index (χ1) is 10.2. The van der Waals surface area contributed by atoms with Crippen molar-refractivity contribution in [1.82, 2.24) is 9.97 Å². The molecule has 2 aromatic heterocycles. The maximum atomic E-state index is 8.85. The fourth-order valence-electron chi connectivity index (χ4n) is 1.74. The Hall–Kier alpha value is -1.17. The van der Waals surface area contributed by atoms with Gasteiger partial charge in [-0.25, -0.2) is 0 Å². The summed E-state index contributed by atoms with van der Waals surface area (Å²) in [4.78, 5) is 7.96. The molecule has 2 aromatic carbocycles. The van der Waals surface area contributed by atoms with Crippen molar-refractivity contribution in [2.24, 2.45) is 0 Å². The van der Waals surface area contributed by atoms with Crippen LogP contribution in [0.4, 0.5) is 0 Å². The number of benzene rings is 2. The first-order valence-corrected chi connectivity index (χ1v) is 7.71. The summed E-state index contributed by atoms with van der Waals surface area (Å²) in [5.41, 5.74) is 7.93. The molecule has 4 nitrogen and oxygen atoms in total. The van der Waals surface area contributed by atoms with Crippen LogP contribution in [-0.4, -0.2) is 27.1 Å². The Kier molecular flexibility index (Phi) is 6.17. The molecule has 8 heteroatoms. The number of hydrogen-bond donors (Lipinski definition) is 2. The molecule has 0 saturated heterocycles. The molecular weight excluding hydrogens is 369 g/mol. The molecule has 0 fully saturated rings. The van der Waals surface area contributed by atoms with Crippen molar-refractivity contribution in [2.45, 2.75) is 0 Å². The Balaban J connectivity index is 0.000000159. The van der Waals surface area contributed by atoms with Gasteiger partial charge in [0.25, 0.3) is 0 Å². The van der Waals surface area contributed by atoms with Crippen molar-refractivity contribution in [3.05, 3.63) is 53.5 Å². The van der Waals surface area contributed by atoms with Gasteiger partial charge in [0, 0.05) is 0 Å². The molecule has 0 amide bonds. The zero-order valence-electron chi connectivity index (χ0n) is 11.4. The average molecular weight is 378 g/mol. The van der Waals surface area contributed by atoms with E-state index < -0.39 is 7.12 Å². The Labute approximate surface area is 148 Å². The van der Waals surface area contributed by atoms with Crippen LogP contribution in [0.15, 0.2) is 42.5 Å². The number of fused-ring (bicyclic) bond motifs is 2. The van der Waals surface area contributed by atoms with Crippen molar-refractivity contribution < 1.29 is 29.5 Å². The van der Waals surface area contributed by atoms with Gasteiger partial charge in [0.05, 0.1) is 0 Å². The van der Waals surface area contributed by atoms with Crippen molar-refractivity contribution in [1.29, 1.82) is 0 Å². The normalized spacial score (nSPS) is 9.91. The maximum Gasteiger partial charge on any atom is 2.00 e. The average Bonchev–Trinajstić information content (AvgIpc) is 3.15. The number of rotatable bonds is 1. The minimum atomic E-state index is -1.41. The van der Waals surface area contributed by atoms with Gasteiger partial charge in [0.15, 0.2) is 0 Å². The number of nitrogens with zero attached hydrogens (tertiary/aromatic N) is 2. The SMILES string of the molecule is OB(O)c1ccc2n[c-]sc2c1.[Zn+2].[c-]1nc2ccccc2s1. The van der Waals surface area contributed by atoms with E-state index in [1.54, 1.807) is 29.5 Å². The van der Waals surface area contributed by atoms with E-state index in [0.717, 1.165) is 15.7 Å². The van der Waals surface area contributed by atoms with E-state index in [1.807, 2.05) is 24.3 Å². The van der Waals surface area contributed by atoms with Crippen LogP contribution < -0.4 is 5.46 Å². The third-order valence-corrected chi connectivity index (χ3v) is 4.27. The summed E-state index contributed by atoms with van der Waals surface area (Å²) in [5.74, 6) is 0. The first kappa shape index (κ1) is 17.2. The minimum Gasteiger partial charge on any atom is -0.423 e. The monoisotopic (exact) mass is 376 g/mol. The molecule has 22 heavy (non-hydrogen) atoms. The first-order valence-electron chi connectivity index (χ1n) is 6.08. The van der Waals surface area contributed by atoms with E-state index in [1.165, 1.54) is 16.0 Å². The third-order valence-electron chi connectivity index (χ3n) is 2.79. The van der Waals surface area contributed by atoms with E-state index in [2.05, 4.69) is 21.0 Å². The van der Waals surface area contributed by atoms with Gasteiger partial charge < -0.3 is 20.0 Å². The van der Waals surface area contributed by atoms with E-state index in [-0.39, 0.29) is 19.5 Å². The third kappa shape index (κ3) is 3.97. The number of hydrogen-bond acceptors (Lipinski definition) is 6. The van der Waals surface area contributed by atoms with Crippen LogP contribution in [0.2, 0.25) is 0 Å². The summed E-state index contributed by atoms with van der Waals surface area (Å²) in [6.07, 6.45) is 0. The minimum absolute atomic E-state index is 0. The van der Waals surface area contributed by atoms with E-state index in [0.29, 0.717) is 5.46 Å². The molecule has 4 rings (SSSR count). The van der Waals surface area contributed by atoms with Crippen LogP contribution in [-0.2, 0) is 19.5 Å². The van der Waals surface area contributed by atoms with Crippen LogP contribution >= 0.6 is 22.7 Å². The molecule has 2 heterocycles. The Bertz CT molecular complexity index is 836. The molecular formula is C14H9BN2O2S2Zn. The van der Waals surface area contributed by atoms with Gasteiger partial charge in [-0.2, -0.15) is 0 Å². The Morgan fingerprint density at radius 2 is 1.50 bits per heavy atom. The Morgan fingerprint density at radius 1 is 0.864 bits per heavy atom. The van der Waals surface area contributed by atoms with Crippen molar-refractivity contribution >= 4 is 55.7 Å². The molecule has 0 saturated carbocycles. The van der Waals surface area contributed by atoms with Crippen molar-refractivity contribution in [3.63, 3.8) is 0 Å². The topological polar surface area (TPSA) is 66.2 Å². The largest absolute Gasteiger partial charge is 2.00 e. The summed E-state index contributed by atoms with van der Waals surface area (Å²) >= 11 is 2.91. The quantitative estimate of drug-likeness (QED) is 0.393. The molecule has 4 aromatic rings. The van der Waals surface area contributed by atoms with Crippen LogP contribution in [0.1, 0.15) is 0 Å². The molecule has 0 aliphatic rings. The van der Waals surface area contributed by atoms with Gasteiger partial charge in [-0.1, -0.05) is 29.2 Å². The molecule has 0 radical (unpaired) electrons.